The highest BCUT2D eigenvalue weighted by atomic mass is 16.3. The lowest BCUT2D eigenvalue weighted by Crippen LogP contribution is -2.17. The number of aliphatic hydroxyl groups excluding tert-OH is 1. The zero-order valence-electron chi connectivity index (χ0n) is 5.93. The lowest BCUT2D eigenvalue weighted by Gasteiger charge is -2.10. The number of aliphatic hydroxyl groups is 1. The van der Waals surface area contributed by atoms with Crippen LogP contribution in [0.2, 0.25) is 0 Å². The maximum absolute atomic E-state index is 9.26. The van der Waals surface area contributed by atoms with E-state index in [2.05, 4.69) is 12.2 Å². The van der Waals surface area contributed by atoms with E-state index in [4.69, 9.17) is 0 Å². The molecule has 2 heteroatoms. The van der Waals surface area contributed by atoms with Crippen LogP contribution in [0.15, 0.2) is 0 Å². The van der Waals surface area contributed by atoms with Crippen LogP contribution in [0, 0.1) is 5.92 Å². The van der Waals surface area contributed by atoms with E-state index in [9.17, 15) is 5.11 Å². The average Bonchev–Trinajstić information content (AvgIpc) is 2.18. The summed E-state index contributed by atoms with van der Waals surface area (Å²) in [6, 6.07) is 0. The summed E-state index contributed by atoms with van der Waals surface area (Å²) in [5.74, 6) is 0.523. The van der Waals surface area contributed by atoms with Crippen molar-refractivity contribution in [3.63, 3.8) is 0 Å². The van der Waals surface area contributed by atoms with Crippen LogP contribution in [0.3, 0.4) is 0 Å². The zero-order valence-corrected chi connectivity index (χ0v) is 5.93. The summed E-state index contributed by atoms with van der Waals surface area (Å²) in [6.07, 6.45) is 2.27. The van der Waals surface area contributed by atoms with Crippen molar-refractivity contribution in [2.45, 2.75) is 25.9 Å². The van der Waals surface area contributed by atoms with Gasteiger partial charge in [0.2, 0.25) is 0 Å². The third-order valence-electron chi connectivity index (χ3n) is 1.96. The highest BCUT2D eigenvalue weighted by Gasteiger charge is 2.23. The fraction of sp³-hybridized carbons (Fsp3) is 1.00. The quantitative estimate of drug-likeness (QED) is 0.564. The summed E-state index contributed by atoms with van der Waals surface area (Å²) in [4.78, 5) is 0. The van der Waals surface area contributed by atoms with Crippen molar-refractivity contribution in [1.82, 2.24) is 5.32 Å². The van der Waals surface area contributed by atoms with Crippen molar-refractivity contribution >= 4 is 0 Å². The molecule has 0 amide bonds. The second-order valence-electron chi connectivity index (χ2n) is 2.77. The molecule has 2 nitrogen and oxygen atoms in total. The molecule has 0 aliphatic carbocycles. The number of rotatable bonds is 2. The van der Waals surface area contributed by atoms with Crippen LogP contribution in [-0.2, 0) is 0 Å². The molecule has 9 heavy (non-hydrogen) atoms. The molecule has 1 unspecified atom stereocenters. The van der Waals surface area contributed by atoms with Gasteiger partial charge in [-0.25, -0.2) is 0 Å². The van der Waals surface area contributed by atoms with E-state index in [1.165, 1.54) is 6.42 Å². The normalized spacial score (nSPS) is 35.3. The summed E-state index contributed by atoms with van der Waals surface area (Å²) < 4.78 is 0. The SMILES string of the molecule is CCC[C@H]1CNCC1O. The maximum Gasteiger partial charge on any atom is 0.0704 e. The van der Waals surface area contributed by atoms with Gasteiger partial charge in [0.15, 0.2) is 0 Å². The minimum Gasteiger partial charge on any atom is -0.391 e. The second-order valence-corrected chi connectivity index (χ2v) is 2.77. The van der Waals surface area contributed by atoms with Gasteiger partial charge in [0.25, 0.3) is 0 Å². The van der Waals surface area contributed by atoms with E-state index < -0.39 is 0 Å². The molecule has 1 fully saturated rings. The molecule has 0 radical (unpaired) electrons. The third kappa shape index (κ3) is 1.66. The molecule has 1 saturated heterocycles. The van der Waals surface area contributed by atoms with E-state index in [-0.39, 0.29) is 6.10 Å². The Morgan fingerprint density at radius 2 is 2.33 bits per heavy atom. The number of hydrogen-bond donors (Lipinski definition) is 2. The number of hydrogen-bond acceptors (Lipinski definition) is 2. The van der Waals surface area contributed by atoms with Crippen molar-refractivity contribution in [3.05, 3.63) is 0 Å². The highest BCUT2D eigenvalue weighted by molar-refractivity contribution is 4.79. The van der Waals surface area contributed by atoms with Crippen molar-refractivity contribution in [3.8, 4) is 0 Å². The summed E-state index contributed by atoms with van der Waals surface area (Å²) in [5.41, 5.74) is 0. The Hall–Kier alpha value is -0.0800. The first kappa shape index (κ1) is 7.03. The Morgan fingerprint density at radius 1 is 1.56 bits per heavy atom. The molecule has 1 rings (SSSR count). The van der Waals surface area contributed by atoms with Gasteiger partial charge < -0.3 is 10.4 Å². The molecule has 1 aliphatic heterocycles. The molecule has 0 aromatic heterocycles. The molecular weight excluding hydrogens is 114 g/mol. The molecule has 0 aromatic rings. The average molecular weight is 129 g/mol. The molecule has 54 valence electrons. The first-order valence-corrected chi connectivity index (χ1v) is 3.73. The van der Waals surface area contributed by atoms with Crippen molar-refractivity contribution < 1.29 is 5.11 Å². The van der Waals surface area contributed by atoms with Crippen molar-refractivity contribution in [2.24, 2.45) is 5.92 Å². The van der Waals surface area contributed by atoms with E-state index in [1.807, 2.05) is 0 Å². The van der Waals surface area contributed by atoms with Gasteiger partial charge in [0.1, 0.15) is 0 Å². The van der Waals surface area contributed by atoms with Gasteiger partial charge in [-0.3, -0.25) is 0 Å². The number of β-amino-alcohol motifs (C(OH)–C–C–N with tert-alkyl or cyclic N) is 1. The lowest BCUT2D eigenvalue weighted by atomic mass is 10.0. The number of nitrogens with one attached hydrogen (secondary N) is 1. The summed E-state index contributed by atoms with van der Waals surface area (Å²) in [5, 5.41) is 12.4. The van der Waals surface area contributed by atoms with E-state index in [0.29, 0.717) is 5.92 Å². The van der Waals surface area contributed by atoms with Crippen LogP contribution >= 0.6 is 0 Å². The van der Waals surface area contributed by atoms with Gasteiger partial charge in [0.05, 0.1) is 6.10 Å². The lowest BCUT2D eigenvalue weighted by molar-refractivity contribution is 0.142. The van der Waals surface area contributed by atoms with Crippen LogP contribution in [0.25, 0.3) is 0 Å². The van der Waals surface area contributed by atoms with Crippen LogP contribution < -0.4 is 5.32 Å². The minimum atomic E-state index is -0.0788. The molecule has 0 spiro atoms. The molecule has 0 bridgehead atoms. The Labute approximate surface area is 56.3 Å². The van der Waals surface area contributed by atoms with Gasteiger partial charge in [0, 0.05) is 13.1 Å². The smallest absolute Gasteiger partial charge is 0.0704 e. The molecule has 2 atom stereocenters. The van der Waals surface area contributed by atoms with Gasteiger partial charge in [-0.05, 0) is 12.3 Å². The topological polar surface area (TPSA) is 32.3 Å². The van der Waals surface area contributed by atoms with Crippen molar-refractivity contribution in [1.29, 1.82) is 0 Å². The largest absolute Gasteiger partial charge is 0.391 e. The second kappa shape index (κ2) is 3.18. The first-order chi connectivity index (χ1) is 4.34. The Bertz CT molecular complexity index is 85.0. The third-order valence-corrected chi connectivity index (χ3v) is 1.96. The van der Waals surface area contributed by atoms with Crippen molar-refractivity contribution in [2.75, 3.05) is 13.1 Å². The van der Waals surface area contributed by atoms with Crippen LogP contribution in [0.5, 0.6) is 0 Å². The molecule has 0 aromatic carbocycles. The monoisotopic (exact) mass is 129 g/mol. The summed E-state index contributed by atoms with van der Waals surface area (Å²) in [7, 11) is 0. The predicted molar refractivity (Wildman–Crippen MR) is 37.3 cm³/mol. The molecule has 1 heterocycles. The van der Waals surface area contributed by atoms with E-state index in [0.717, 1.165) is 19.5 Å². The Balaban J connectivity index is 2.22. The fourth-order valence-corrected chi connectivity index (χ4v) is 1.38. The summed E-state index contributed by atoms with van der Waals surface area (Å²) in [6.45, 7) is 3.96. The van der Waals surface area contributed by atoms with E-state index >= 15 is 0 Å². The van der Waals surface area contributed by atoms with Crippen LogP contribution in [0.1, 0.15) is 19.8 Å². The zero-order chi connectivity index (χ0) is 6.69. The first-order valence-electron chi connectivity index (χ1n) is 3.73. The fourth-order valence-electron chi connectivity index (χ4n) is 1.38. The molecule has 0 saturated carbocycles. The van der Waals surface area contributed by atoms with E-state index in [1.54, 1.807) is 0 Å². The standard InChI is InChI=1S/C7H15NO/c1-2-3-6-4-8-5-7(6)9/h6-9H,2-5H2,1H3/t6-,7?/m0/s1. The Kier molecular flexibility index (Phi) is 2.49. The predicted octanol–water partition coefficient (Wildman–Crippen LogP) is 0.367. The van der Waals surface area contributed by atoms with Gasteiger partial charge >= 0.3 is 0 Å². The van der Waals surface area contributed by atoms with Gasteiger partial charge in [-0.15, -0.1) is 0 Å². The highest BCUT2D eigenvalue weighted by Crippen LogP contribution is 2.14. The Morgan fingerprint density at radius 3 is 2.78 bits per heavy atom. The molecule has 1 aliphatic rings. The molecule has 2 N–H and O–H groups in total. The summed E-state index contributed by atoms with van der Waals surface area (Å²) >= 11 is 0. The maximum atomic E-state index is 9.26. The van der Waals surface area contributed by atoms with Gasteiger partial charge in [-0.1, -0.05) is 13.3 Å². The molecular formula is C7H15NO. The van der Waals surface area contributed by atoms with Gasteiger partial charge in [-0.2, -0.15) is 0 Å². The minimum absolute atomic E-state index is 0.0788. The van der Waals surface area contributed by atoms with Crippen LogP contribution in [0.4, 0.5) is 0 Å². The van der Waals surface area contributed by atoms with Crippen LogP contribution in [-0.4, -0.2) is 24.3 Å².